The molecule has 3 rings (SSSR count). The highest BCUT2D eigenvalue weighted by Gasteiger charge is 2.25. The van der Waals surface area contributed by atoms with Crippen molar-refractivity contribution in [2.75, 3.05) is 57.5 Å². The van der Waals surface area contributed by atoms with Crippen LogP contribution in [0, 0.1) is 5.92 Å². The molecule has 152 valence electrons. The van der Waals surface area contributed by atoms with Crippen molar-refractivity contribution in [2.24, 2.45) is 10.9 Å². The first-order chi connectivity index (χ1) is 12.7. The van der Waals surface area contributed by atoms with Crippen LogP contribution in [-0.2, 0) is 0 Å². The lowest BCUT2D eigenvalue weighted by molar-refractivity contribution is 0.402. The molecule has 2 unspecified atom stereocenters. The molecule has 0 radical (unpaired) electrons. The minimum Gasteiger partial charge on any atom is -0.497 e. The summed E-state index contributed by atoms with van der Waals surface area (Å²) in [5.41, 5.74) is 1.26. The van der Waals surface area contributed by atoms with Crippen LogP contribution >= 0.6 is 35.7 Å². The summed E-state index contributed by atoms with van der Waals surface area (Å²) >= 11 is 2.10. The molecule has 7 heteroatoms. The Morgan fingerprint density at radius 3 is 2.93 bits per heavy atom. The lowest BCUT2D eigenvalue weighted by Gasteiger charge is -2.34. The summed E-state index contributed by atoms with van der Waals surface area (Å²) in [6, 6.07) is 8.38. The number of halogens is 1. The van der Waals surface area contributed by atoms with E-state index in [1.165, 1.54) is 24.3 Å². The number of methoxy groups -OCH3 is 1. The summed E-state index contributed by atoms with van der Waals surface area (Å²) in [5.74, 6) is 3.85. The number of nitrogens with zero attached hydrogens (tertiary/aromatic N) is 3. The fourth-order valence-corrected chi connectivity index (χ4v) is 4.95. The number of rotatable bonds is 5. The molecule has 0 spiro atoms. The number of anilines is 1. The first-order valence-electron chi connectivity index (χ1n) is 9.69. The Labute approximate surface area is 185 Å². The second-order valence-corrected chi connectivity index (χ2v) is 8.49. The van der Waals surface area contributed by atoms with Gasteiger partial charge in [-0.15, -0.1) is 24.0 Å². The Bertz CT molecular complexity index is 615. The normalized spacial score (nSPS) is 23.1. The van der Waals surface area contributed by atoms with E-state index in [2.05, 4.69) is 57.0 Å². The Kier molecular flexibility index (Phi) is 9.35. The Morgan fingerprint density at radius 1 is 1.33 bits per heavy atom. The lowest BCUT2D eigenvalue weighted by atomic mass is 10.1. The van der Waals surface area contributed by atoms with Gasteiger partial charge in [-0.05, 0) is 30.9 Å². The van der Waals surface area contributed by atoms with Crippen molar-refractivity contribution in [1.29, 1.82) is 0 Å². The summed E-state index contributed by atoms with van der Waals surface area (Å²) in [6.45, 7) is 7.68. The predicted molar refractivity (Wildman–Crippen MR) is 128 cm³/mol. The van der Waals surface area contributed by atoms with Gasteiger partial charge >= 0.3 is 0 Å². The fourth-order valence-electron chi connectivity index (χ4n) is 3.77. The van der Waals surface area contributed by atoms with Crippen molar-refractivity contribution in [3.8, 4) is 5.75 Å². The molecular weight excluding hydrogens is 471 g/mol. The maximum absolute atomic E-state index is 5.36. The molecule has 5 nitrogen and oxygen atoms in total. The van der Waals surface area contributed by atoms with Crippen LogP contribution in [0.1, 0.15) is 19.8 Å². The minimum absolute atomic E-state index is 0. The van der Waals surface area contributed by atoms with Crippen LogP contribution in [0.2, 0.25) is 0 Å². The molecule has 0 aliphatic carbocycles. The predicted octanol–water partition coefficient (Wildman–Crippen LogP) is 3.54. The van der Waals surface area contributed by atoms with Gasteiger partial charge in [0, 0.05) is 62.5 Å². The largest absolute Gasteiger partial charge is 0.497 e. The van der Waals surface area contributed by atoms with Crippen LogP contribution in [0.4, 0.5) is 5.69 Å². The number of nitrogens with one attached hydrogen (secondary N) is 1. The molecular formula is C20H33IN4OS. The van der Waals surface area contributed by atoms with Crippen molar-refractivity contribution >= 4 is 47.4 Å². The zero-order valence-corrected chi connectivity index (χ0v) is 19.8. The van der Waals surface area contributed by atoms with Crippen LogP contribution in [-0.4, -0.2) is 68.7 Å². The van der Waals surface area contributed by atoms with Gasteiger partial charge in [-0.2, -0.15) is 11.8 Å². The minimum atomic E-state index is 0. The molecule has 1 aromatic rings. The smallest absolute Gasteiger partial charge is 0.193 e. The highest BCUT2D eigenvalue weighted by Crippen LogP contribution is 2.27. The Morgan fingerprint density at radius 2 is 2.19 bits per heavy atom. The molecule has 0 bridgehead atoms. The number of thioether (sulfide) groups is 1. The van der Waals surface area contributed by atoms with Gasteiger partial charge in [-0.25, -0.2) is 0 Å². The molecule has 0 aromatic heterocycles. The maximum atomic E-state index is 5.36. The van der Waals surface area contributed by atoms with E-state index in [1.54, 1.807) is 7.11 Å². The topological polar surface area (TPSA) is 40.1 Å². The molecule has 2 aliphatic rings. The molecule has 2 aliphatic heterocycles. The molecule has 2 atom stereocenters. The van der Waals surface area contributed by atoms with Gasteiger partial charge in [-0.3, -0.25) is 4.99 Å². The summed E-state index contributed by atoms with van der Waals surface area (Å²) in [7, 11) is 3.63. The number of ether oxygens (including phenoxy) is 1. The van der Waals surface area contributed by atoms with E-state index >= 15 is 0 Å². The highest BCUT2D eigenvalue weighted by atomic mass is 127. The second kappa shape index (κ2) is 11.2. The van der Waals surface area contributed by atoms with Crippen LogP contribution in [0.15, 0.2) is 29.3 Å². The average molecular weight is 504 g/mol. The molecule has 2 saturated heterocycles. The van der Waals surface area contributed by atoms with Crippen LogP contribution in [0.3, 0.4) is 0 Å². The maximum Gasteiger partial charge on any atom is 0.193 e. The van der Waals surface area contributed by atoms with Gasteiger partial charge in [0.2, 0.25) is 0 Å². The quantitative estimate of drug-likeness (QED) is 0.378. The fraction of sp³-hybridized carbons (Fsp3) is 0.650. The van der Waals surface area contributed by atoms with E-state index in [-0.39, 0.29) is 24.0 Å². The van der Waals surface area contributed by atoms with E-state index in [1.807, 2.05) is 13.1 Å². The summed E-state index contributed by atoms with van der Waals surface area (Å²) in [4.78, 5) is 9.42. The first kappa shape index (κ1) is 22.5. The van der Waals surface area contributed by atoms with Crippen LogP contribution in [0.25, 0.3) is 0 Å². The third-order valence-electron chi connectivity index (χ3n) is 5.36. The van der Waals surface area contributed by atoms with Gasteiger partial charge in [0.05, 0.1) is 7.11 Å². The molecule has 2 heterocycles. The van der Waals surface area contributed by atoms with Gasteiger partial charge in [0.25, 0.3) is 0 Å². The SMILES string of the molecule is CCC1CN(C(=NC)NCC2CCN(c3cccc(OC)c3)C2)CCS1.I. The van der Waals surface area contributed by atoms with E-state index in [9.17, 15) is 0 Å². The van der Waals surface area contributed by atoms with Gasteiger partial charge in [-0.1, -0.05) is 13.0 Å². The third kappa shape index (κ3) is 6.07. The van der Waals surface area contributed by atoms with Crippen molar-refractivity contribution in [1.82, 2.24) is 10.2 Å². The third-order valence-corrected chi connectivity index (χ3v) is 6.73. The number of benzene rings is 1. The zero-order chi connectivity index (χ0) is 18.4. The number of hydrogen-bond acceptors (Lipinski definition) is 4. The van der Waals surface area contributed by atoms with Crippen molar-refractivity contribution in [2.45, 2.75) is 25.0 Å². The lowest BCUT2D eigenvalue weighted by Crippen LogP contribution is -2.49. The molecule has 1 aromatic carbocycles. The van der Waals surface area contributed by atoms with Crippen LogP contribution in [0.5, 0.6) is 5.75 Å². The number of hydrogen-bond donors (Lipinski definition) is 1. The average Bonchev–Trinajstić information content (AvgIpc) is 3.18. The molecule has 1 N–H and O–H groups in total. The van der Waals surface area contributed by atoms with E-state index < -0.39 is 0 Å². The number of aliphatic imine (C=N–C) groups is 1. The van der Waals surface area contributed by atoms with Crippen molar-refractivity contribution < 1.29 is 4.74 Å². The molecule has 0 saturated carbocycles. The summed E-state index contributed by atoms with van der Waals surface area (Å²) < 4.78 is 5.36. The van der Waals surface area contributed by atoms with Crippen molar-refractivity contribution in [3.63, 3.8) is 0 Å². The van der Waals surface area contributed by atoms with E-state index in [0.717, 1.165) is 49.7 Å². The Hall–Kier alpha value is -0.830. The van der Waals surface area contributed by atoms with Gasteiger partial charge in [0.1, 0.15) is 5.75 Å². The van der Waals surface area contributed by atoms with E-state index in [0.29, 0.717) is 5.92 Å². The Balaban J connectivity index is 0.00000261. The van der Waals surface area contributed by atoms with Crippen molar-refractivity contribution in [3.05, 3.63) is 24.3 Å². The molecule has 2 fully saturated rings. The first-order valence-corrected chi connectivity index (χ1v) is 10.7. The standard InChI is InChI=1S/C20H32N4OS.HI/c1-4-19-15-24(10-11-26-19)20(21-2)22-13-16-8-9-23(14-16)17-6-5-7-18(12-17)25-3;/h5-7,12,16,19H,4,8-11,13-15H2,1-3H3,(H,21,22);1H. The second-order valence-electron chi connectivity index (χ2n) is 7.08. The molecule has 0 amide bonds. The summed E-state index contributed by atoms with van der Waals surface area (Å²) in [5, 5.41) is 4.37. The highest BCUT2D eigenvalue weighted by molar-refractivity contribution is 14.0. The van der Waals surface area contributed by atoms with Gasteiger partial charge in [0.15, 0.2) is 5.96 Å². The monoisotopic (exact) mass is 504 g/mol. The van der Waals surface area contributed by atoms with E-state index in [4.69, 9.17) is 4.74 Å². The summed E-state index contributed by atoms with van der Waals surface area (Å²) in [6.07, 6.45) is 2.45. The number of guanidine groups is 1. The zero-order valence-electron chi connectivity index (χ0n) is 16.7. The van der Waals surface area contributed by atoms with Crippen LogP contribution < -0.4 is 15.0 Å². The molecule has 27 heavy (non-hydrogen) atoms. The van der Waals surface area contributed by atoms with Gasteiger partial charge < -0.3 is 19.9 Å².